The van der Waals surface area contributed by atoms with Crippen LogP contribution >= 0.6 is 0 Å². The molecule has 0 saturated carbocycles. The highest BCUT2D eigenvalue weighted by Gasteiger charge is 2.08. The molecule has 17 heavy (non-hydrogen) atoms. The molecular formula is C13H16N2O2. The number of nitrogens with zero attached hydrogens (tertiary/aromatic N) is 2. The number of benzene rings is 1. The molecule has 0 saturated heterocycles. The minimum absolute atomic E-state index is 0.0954. The molecule has 0 spiro atoms. The van der Waals surface area contributed by atoms with Gasteiger partial charge in [0.15, 0.2) is 0 Å². The van der Waals surface area contributed by atoms with Crippen molar-refractivity contribution < 1.29 is 9.52 Å². The van der Waals surface area contributed by atoms with Gasteiger partial charge in [-0.25, -0.2) is 0 Å². The Morgan fingerprint density at radius 1 is 1.29 bits per heavy atom. The van der Waals surface area contributed by atoms with Crippen molar-refractivity contribution in [3.05, 3.63) is 47.3 Å². The molecular weight excluding hydrogens is 216 g/mol. The van der Waals surface area contributed by atoms with Gasteiger partial charge in [0.25, 0.3) is 6.01 Å². The van der Waals surface area contributed by atoms with E-state index in [1.54, 1.807) is 0 Å². The van der Waals surface area contributed by atoms with Gasteiger partial charge in [0.1, 0.15) is 12.0 Å². The minimum atomic E-state index is -0.0954. The van der Waals surface area contributed by atoms with E-state index in [4.69, 9.17) is 9.52 Å². The van der Waals surface area contributed by atoms with Gasteiger partial charge in [-0.2, -0.15) is 4.98 Å². The Kier molecular flexibility index (Phi) is 3.44. The van der Waals surface area contributed by atoms with E-state index in [0.29, 0.717) is 11.7 Å². The molecule has 1 aromatic heterocycles. The van der Waals surface area contributed by atoms with Crippen molar-refractivity contribution in [3.63, 3.8) is 0 Å². The Morgan fingerprint density at radius 3 is 2.59 bits per heavy atom. The molecule has 1 aromatic carbocycles. The second kappa shape index (κ2) is 5.01. The predicted molar refractivity (Wildman–Crippen MR) is 65.7 cm³/mol. The van der Waals surface area contributed by atoms with Crippen LogP contribution in [0.1, 0.15) is 16.8 Å². The van der Waals surface area contributed by atoms with E-state index < -0.39 is 0 Å². The zero-order valence-electron chi connectivity index (χ0n) is 10.1. The molecule has 0 bridgehead atoms. The summed E-state index contributed by atoms with van der Waals surface area (Å²) in [6, 6.07) is 8.86. The second-order valence-electron chi connectivity index (χ2n) is 4.12. The van der Waals surface area contributed by atoms with Gasteiger partial charge in [-0.05, 0) is 12.5 Å². The molecule has 4 heteroatoms. The van der Waals surface area contributed by atoms with E-state index in [0.717, 1.165) is 6.54 Å². The van der Waals surface area contributed by atoms with Crippen molar-refractivity contribution in [2.45, 2.75) is 20.1 Å². The fourth-order valence-corrected chi connectivity index (χ4v) is 1.58. The van der Waals surface area contributed by atoms with Crippen LogP contribution in [0.5, 0.6) is 0 Å². The summed E-state index contributed by atoms with van der Waals surface area (Å²) in [6.07, 6.45) is 1.47. The Bertz CT molecular complexity index is 476. The Hall–Kier alpha value is -1.81. The number of hydrogen-bond acceptors (Lipinski definition) is 4. The Labute approximate surface area is 101 Å². The fourth-order valence-electron chi connectivity index (χ4n) is 1.58. The third-order valence-corrected chi connectivity index (χ3v) is 2.57. The highest BCUT2D eigenvalue weighted by atomic mass is 16.4. The van der Waals surface area contributed by atoms with Crippen LogP contribution in [0.4, 0.5) is 6.01 Å². The lowest BCUT2D eigenvalue weighted by molar-refractivity contribution is 0.276. The molecule has 1 N–H and O–H groups in total. The largest absolute Gasteiger partial charge is 0.432 e. The van der Waals surface area contributed by atoms with E-state index in [1.165, 1.54) is 17.4 Å². The Morgan fingerprint density at radius 2 is 2.00 bits per heavy atom. The van der Waals surface area contributed by atoms with Gasteiger partial charge >= 0.3 is 0 Å². The summed E-state index contributed by atoms with van der Waals surface area (Å²) in [6.45, 7) is 2.70. The number of aliphatic hydroxyl groups excluding tert-OH is 1. The van der Waals surface area contributed by atoms with E-state index in [-0.39, 0.29) is 6.61 Å². The molecule has 0 fully saturated rings. The topological polar surface area (TPSA) is 49.5 Å². The van der Waals surface area contributed by atoms with Gasteiger partial charge in [-0.15, -0.1) is 0 Å². The molecule has 4 nitrogen and oxygen atoms in total. The van der Waals surface area contributed by atoms with Gasteiger partial charge in [0.2, 0.25) is 0 Å². The Balaban J connectivity index is 2.05. The van der Waals surface area contributed by atoms with E-state index in [2.05, 4.69) is 36.2 Å². The number of oxazole rings is 1. The van der Waals surface area contributed by atoms with Crippen LogP contribution in [-0.2, 0) is 13.2 Å². The summed E-state index contributed by atoms with van der Waals surface area (Å²) in [5.41, 5.74) is 2.99. The first-order chi connectivity index (χ1) is 8.19. The molecule has 0 aliphatic rings. The molecule has 90 valence electrons. The van der Waals surface area contributed by atoms with Crippen molar-refractivity contribution in [1.29, 1.82) is 0 Å². The first-order valence-electron chi connectivity index (χ1n) is 5.51. The van der Waals surface area contributed by atoms with Gasteiger partial charge in [0.05, 0.1) is 6.61 Å². The number of aryl methyl sites for hydroxylation is 1. The highest BCUT2D eigenvalue weighted by molar-refractivity contribution is 5.30. The molecule has 1 heterocycles. The summed E-state index contributed by atoms with van der Waals surface area (Å²) in [4.78, 5) is 6.06. The van der Waals surface area contributed by atoms with Crippen LogP contribution in [0.15, 0.2) is 34.9 Å². The smallest absolute Gasteiger partial charge is 0.297 e. The predicted octanol–water partition coefficient (Wildman–Crippen LogP) is 2.11. The number of aromatic nitrogens is 1. The van der Waals surface area contributed by atoms with Crippen molar-refractivity contribution in [2.75, 3.05) is 11.9 Å². The average molecular weight is 232 g/mol. The lowest BCUT2D eigenvalue weighted by atomic mass is 10.1. The number of hydrogen-bond donors (Lipinski definition) is 1. The minimum Gasteiger partial charge on any atom is -0.432 e. The quantitative estimate of drug-likeness (QED) is 0.877. The van der Waals surface area contributed by atoms with Crippen molar-refractivity contribution >= 4 is 6.01 Å². The first kappa shape index (κ1) is 11.7. The van der Waals surface area contributed by atoms with Gasteiger partial charge in [-0.1, -0.05) is 29.8 Å². The van der Waals surface area contributed by atoms with Crippen LogP contribution in [0.25, 0.3) is 0 Å². The monoisotopic (exact) mass is 232 g/mol. The van der Waals surface area contributed by atoms with E-state index in [1.807, 2.05) is 11.9 Å². The molecule has 0 radical (unpaired) electrons. The molecule has 0 atom stereocenters. The van der Waals surface area contributed by atoms with Crippen LogP contribution in [-0.4, -0.2) is 17.1 Å². The van der Waals surface area contributed by atoms with Crippen LogP contribution in [0.3, 0.4) is 0 Å². The molecule has 2 aromatic rings. The molecule has 0 amide bonds. The maximum absolute atomic E-state index is 8.91. The van der Waals surface area contributed by atoms with Crippen molar-refractivity contribution in [3.8, 4) is 0 Å². The number of anilines is 1. The maximum Gasteiger partial charge on any atom is 0.297 e. The zero-order valence-corrected chi connectivity index (χ0v) is 10.1. The summed E-state index contributed by atoms with van der Waals surface area (Å²) in [5.74, 6) is 0. The first-order valence-corrected chi connectivity index (χ1v) is 5.51. The van der Waals surface area contributed by atoms with E-state index in [9.17, 15) is 0 Å². The van der Waals surface area contributed by atoms with Gasteiger partial charge in [-0.3, -0.25) is 0 Å². The number of rotatable bonds is 4. The van der Waals surface area contributed by atoms with E-state index >= 15 is 0 Å². The second-order valence-corrected chi connectivity index (χ2v) is 4.12. The summed E-state index contributed by atoms with van der Waals surface area (Å²) < 4.78 is 5.27. The molecule has 0 unspecified atom stereocenters. The molecule has 0 aliphatic carbocycles. The summed E-state index contributed by atoms with van der Waals surface area (Å²) in [5, 5.41) is 8.91. The van der Waals surface area contributed by atoms with Gasteiger partial charge in [0, 0.05) is 13.6 Å². The third kappa shape index (κ3) is 2.85. The highest BCUT2D eigenvalue weighted by Crippen LogP contribution is 2.15. The maximum atomic E-state index is 8.91. The van der Waals surface area contributed by atoms with Crippen LogP contribution in [0, 0.1) is 6.92 Å². The summed E-state index contributed by atoms with van der Waals surface area (Å²) >= 11 is 0. The van der Waals surface area contributed by atoms with Gasteiger partial charge < -0.3 is 14.4 Å². The van der Waals surface area contributed by atoms with Crippen molar-refractivity contribution in [2.24, 2.45) is 0 Å². The zero-order chi connectivity index (χ0) is 12.3. The standard InChI is InChI=1S/C13H16N2O2/c1-10-3-5-11(6-4-10)7-15(2)13-14-12(8-16)9-17-13/h3-6,9,16H,7-8H2,1-2H3. The van der Waals surface area contributed by atoms with Crippen LogP contribution < -0.4 is 4.90 Å². The number of aliphatic hydroxyl groups is 1. The summed E-state index contributed by atoms with van der Waals surface area (Å²) in [7, 11) is 1.91. The SMILES string of the molecule is Cc1ccc(CN(C)c2nc(CO)co2)cc1. The molecule has 0 aliphatic heterocycles. The average Bonchev–Trinajstić information content (AvgIpc) is 2.81. The molecule has 2 rings (SSSR count). The fraction of sp³-hybridized carbons (Fsp3) is 0.308. The third-order valence-electron chi connectivity index (χ3n) is 2.57. The lowest BCUT2D eigenvalue weighted by Crippen LogP contribution is -2.16. The van der Waals surface area contributed by atoms with Crippen molar-refractivity contribution in [1.82, 2.24) is 4.98 Å². The van der Waals surface area contributed by atoms with Crippen LogP contribution in [0.2, 0.25) is 0 Å². The lowest BCUT2D eigenvalue weighted by Gasteiger charge is -2.14. The normalized spacial score (nSPS) is 10.5.